The Bertz CT molecular complexity index is 332. The average molecular weight is 263 g/mol. The average Bonchev–Trinajstić information content (AvgIpc) is 2.39. The van der Waals surface area contributed by atoms with Crippen molar-refractivity contribution in [3.63, 3.8) is 0 Å². The van der Waals surface area contributed by atoms with Crippen LogP contribution in [0.5, 0.6) is 0 Å². The van der Waals surface area contributed by atoms with Gasteiger partial charge in [0, 0.05) is 13.1 Å². The van der Waals surface area contributed by atoms with Gasteiger partial charge in [-0.15, -0.1) is 0 Å². The molecule has 0 saturated heterocycles. The van der Waals surface area contributed by atoms with Gasteiger partial charge in [0.2, 0.25) is 0 Å². The minimum Gasteiger partial charge on any atom is -0.316 e. The van der Waals surface area contributed by atoms with Crippen LogP contribution >= 0.6 is 0 Å². The van der Waals surface area contributed by atoms with Crippen molar-refractivity contribution in [2.45, 2.75) is 26.4 Å². The molecule has 0 aliphatic rings. The van der Waals surface area contributed by atoms with E-state index in [1.807, 2.05) is 7.05 Å². The second kappa shape index (κ2) is 9.08. The molecule has 0 fully saturated rings. The number of nitrogens with zero attached hydrogens (tertiary/aromatic N) is 2. The topological polar surface area (TPSA) is 18.5 Å². The van der Waals surface area contributed by atoms with Gasteiger partial charge in [0.15, 0.2) is 0 Å². The van der Waals surface area contributed by atoms with Crippen LogP contribution in [-0.2, 0) is 13.1 Å². The fraction of sp³-hybridized carbons (Fsp3) is 0.625. The molecule has 1 aromatic rings. The molecule has 0 bridgehead atoms. The highest BCUT2D eigenvalue weighted by Gasteiger charge is 2.04. The number of rotatable bonds is 9. The Morgan fingerprint density at radius 1 is 1.00 bits per heavy atom. The van der Waals surface area contributed by atoms with Crippen LogP contribution in [0.25, 0.3) is 0 Å². The SMILES string of the molecule is CCN(CCCN(C)C)Cc1ccc(CNC)cc1. The van der Waals surface area contributed by atoms with Crippen molar-refractivity contribution >= 4 is 0 Å². The van der Waals surface area contributed by atoms with Crippen LogP contribution in [0.3, 0.4) is 0 Å². The molecule has 19 heavy (non-hydrogen) atoms. The summed E-state index contributed by atoms with van der Waals surface area (Å²) in [5.41, 5.74) is 2.76. The van der Waals surface area contributed by atoms with Gasteiger partial charge in [-0.25, -0.2) is 0 Å². The lowest BCUT2D eigenvalue weighted by Gasteiger charge is -2.21. The monoisotopic (exact) mass is 263 g/mol. The minimum atomic E-state index is 0.945. The van der Waals surface area contributed by atoms with Crippen LogP contribution in [0, 0.1) is 0 Å². The lowest BCUT2D eigenvalue weighted by Crippen LogP contribution is -2.26. The molecule has 0 aromatic heterocycles. The van der Waals surface area contributed by atoms with Crippen LogP contribution in [0.1, 0.15) is 24.5 Å². The Morgan fingerprint density at radius 2 is 1.63 bits per heavy atom. The molecule has 0 amide bonds. The third-order valence-electron chi connectivity index (χ3n) is 3.34. The van der Waals surface area contributed by atoms with Crippen LogP contribution in [0.15, 0.2) is 24.3 Å². The van der Waals surface area contributed by atoms with E-state index < -0.39 is 0 Å². The van der Waals surface area contributed by atoms with Crippen LogP contribution in [0.4, 0.5) is 0 Å². The molecule has 0 aliphatic carbocycles. The summed E-state index contributed by atoms with van der Waals surface area (Å²) in [6, 6.07) is 8.95. The predicted octanol–water partition coefficient (Wildman–Crippen LogP) is 2.18. The van der Waals surface area contributed by atoms with Crippen LogP contribution < -0.4 is 5.32 Å². The number of hydrogen-bond donors (Lipinski definition) is 1. The molecule has 0 aliphatic heterocycles. The van der Waals surface area contributed by atoms with Crippen molar-refractivity contribution in [1.29, 1.82) is 0 Å². The highest BCUT2D eigenvalue weighted by atomic mass is 15.1. The summed E-state index contributed by atoms with van der Waals surface area (Å²) in [5.74, 6) is 0. The van der Waals surface area contributed by atoms with Gasteiger partial charge in [-0.2, -0.15) is 0 Å². The smallest absolute Gasteiger partial charge is 0.0233 e. The summed E-state index contributed by atoms with van der Waals surface area (Å²) in [4.78, 5) is 4.76. The lowest BCUT2D eigenvalue weighted by molar-refractivity contribution is 0.259. The summed E-state index contributed by atoms with van der Waals surface area (Å²) in [5, 5.41) is 3.18. The van der Waals surface area contributed by atoms with Gasteiger partial charge in [-0.1, -0.05) is 31.2 Å². The highest BCUT2D eigenvalue weighted by Crippen LogP contribution is 2.08. The Hall–Kier alpha value is -0.900. The van der Waals surface area contributed by atoms with Gasteiger partial charge < -0.3 is 10.2 Å². The molecule has 0 spiro atoms. The Labute approximate surface area is 118 Å². The van der Waals surface area contributed by atoms with Crippen molar-refractivity contribution in [1.82, 2.24) is 15.1 Å². The molecule has 1 aromatic carbocycles. The quantitative estimate of drug-likeness (QED) is 0.737. The fourth-order valence-electron chi connectivity index (χ4n) is 2.18. The number of nitrogens with one attached hydrogen (secondary N) is 1. The predicted molar refractivity (Wildman–Crippen MR) is 83.3 cm³/mol. The molecular formula is C16H29N3. The normalized spacial score (nSPS) is 11.5. The summed E-state index contributed by atoms with van der Waals surface area (Å²) in [6.45, 7) is 7.70. The molecule has 0 saturated carbocycles. The van der Waals surface area contributed by atoms with Gasteiger partial charge in [-0.3, -0.25) is 4.90 Å². The number of benzene rings is 1. The van der Waals surface area contributed by atoms with Crippen LogP contribution in [0.2, 0.25) is 0 Å². The van der Waals surface area contributed by atoms with E-state index in [2.05, 4.69) is 60.4 Å². The van der Waals surface area contributed by atoms with E-state index >= 15 is 0 Å². The standard InChI is InChI=1S/C16H29N3/c1-5-19(12-6-11-18(3)4)14-16-9-7-15(8-10-16)13-17-2/h7-10,17H,5-6,11-14H2,1-4H3. The molecule has 1 rings (SSSR count). The van der Waals surface area contributed by atoms with Crippen molar-refractivity contribution in [2.75, 3.05) is 40.8 Å². The van der Waals surface area contributed by atoms with Gasteiger partial charge in [0.1, 0.15) is 0 Å². The van der Waals surface area contributed by atoms with Crippen LogP contribution in [-0.4, -0.2) is 50.6 Å². The van der Waals surface area contributed by atoms with E-state index in [0.29, 0.717) is 0 Å². The Kier molecular flexibility index (Phi) is 7.72. The zero-order chi connectivity index (χ0) is 14.1. The third kappa shape index (κ3) is 6.71. The highest BCUT2D eigenvalue weighted by molar-refractivity contribution is 5.22. The molecule has 108 valence electrons. The maximum Gasteiger partial charge on any atom is 0.0233 e. The second-order valence-electron chi connectivity index (χ2n) is 5.37. The molecule has 1 N–H and O–H groups in total. The summed E-state index contributed by atoms with van der Waals surface area (Å²) in [6.07, 6.45) is 1.23. The minimum absolute atomic E-state index is 0.945. The summed E-state index contributed by atoms with van der Waals surface area (Å²) >= 11 is 0. The van der Waals surface area contributed by atoms with E-state index in [-0.39, 0.29) is 0 Å². The zero-order valence-corrected chi connectivity index (χ0v) is 12.9. The third-order valence-corrected chi connectivity index (χ3v) is 3.34. The Balaban J connectivity index is 2.41. The first-order valence-electron chi connectivity index (χ1n) is 7.25. The second-order valence-corrected chi connectivity index (χ2v) is 5.37. The first-order chi connectivity index (χ1) is 9.15. The molecular weight excluding hydrogens is 234 g/mol. The van der Waals surface area contributed by atoms with E-state index in [1.54, 1.807) is 0 Å². The largest absolute Gasteiger partial charge is 0.316 e. The number of hydrogen-bond acceptors (Lipinski definition) is 3. The zero-order valence-electron chi connectivity index (χ0n) is 12.9. The van der Waals surface area contributed by atoms with Crippen molar-refractivity contribution < 1.29 is 0 Å². The molecule has 3 heteroatoms. The summed E-state index contributed by atoms with van der Waals surface area (Å²) in [7, 11) is 6.25. The lowest BCUT2D eigenvalue weighted by atomic mass is 10.1. The van der Waals surface area contributed by atoms with E-state index in [9.17, 15) is 0 Å². The van der Waals surface area contributed by atoms with Gasteiger partial charge in [0.05, 0.1) is 0 Å². The van der Waals surface area contributed by atoms with E-state index in [4.69, 9.17) is 0 Å². The van der Waals surface area contributed by atoms with Gasteiger partial charge in [-0.05, 0) is 58.3 Å². The van der Waals surface area contributed by atoms with E-state index in [0.717, 1.165) is 26.2 Å². The first-order valence-corrected chi connectivity index (χ1v) is 7.25. The maximum atomic E-state index is 3.18. The molecule has 0 heterocycles. The van der Waals surface area contributed by atoms with Gasteiger partial charge in [0.25, 0.3) is 0 Å². The maximum absolute atomic E-state index is 3.18. The van der Waals surface area contributed by atoms with Crippen molar-refractivity contribution in [2.24, 2.45) is 0 Å². The van der Waals surface area contributed by atoms with Gasteiger partial charge >= 0.3 is 0 Å². The van der Waals surface area contributed by atoms with E-state index in [1.165, 1.54) is 24.1 Å². The first kappa shape index (κ1) is 16.2. The molecule has 3 nitrogen and oxygen atoms in total. The fourth-order valence-corrected chi connectivity index (χ4v) is 2.18. The molecule has 0 atom stereocenters. The van der Waals surface area contributed by atoms with Crippen molar-refractivity contribution in [3.05, 3.63) is 35.4 Å². The van der Waals surface area contributed by atoms with Crippen molar-refractivity contribution in [3.8, 4) is 0 Å². The molecule has 0 unspecified atom stereocenters. The Morgan fingerprint density at radius 3 is 2.16 bits per heavy atom. The molecule has 0 radical (unpaired) electrons. The summed E-state index contributed by atoms with van der Waals surface area (Å²) < 4.78 is 0.